The molecule has 0 spiro atoms. The van der Waals surface area contributed by atoms with Crippen molar-refractivity contribution in [1.29, 1.82) is 0 Å². The van der Waals surface area contributed by atoms with Crippen molar-refractivity contribution in [2.45, 2.75) is 13.0 Å². The number of allylic oxidation sites excluding steroid dienone is 1. The molecule has 3 heterocycles. The summed E-state index contributed by atoms with van der Waals surface area (Å²) in [6, 6.07) is 12.1. The first-order valence-corrected chi connectivity index (χ1v) is 12.0. The van der Waals surface area contributed by atoms with Crippen LogP contribution in [-0.2, 0) is 4.79 Å². The van der Waals surface area contributed by atoms with Crippen LogP contribution in [0.4, 0.5) is 17.3 Å². The van der Waals surface area contributed by atoms with Gasteiger partial charge in [-0.3, -0.25) is 19.9 Å². The predicted octanol–water partition coefficient (Wildman–Crippen LogP) is 4.20. The van der Waals surface area contributed by atoms with Gasteiger partial charge in [0.25, 0.3) is 11.6 Å². The third-order valence-corrected chi connectivity index (χ3v) is 6.34. The first-order chi connectivity index (χ1) is 19.3. The summed E-state index contributed by atoms with van der Waals surface area (Å²) in [4.78, 5) is 33.4. The van der Waals surface area contributed by atoms with Crippen molar-refractivity contribution in [3.05, 3.63) is 87.9 Å². The number of carbonyl (C=O) groups excluding carboxylic acids is 1. The number of amides is 1. The van der Waals surface area contributed by atoms with E-state index in [9.17, 15) is 14.9 Å². The Kier molecular flexibility index (Phi) is 7.01. The van der Waals surface area contributed by atoms with E-state index in [0.717, 1.165) is 0 Å². The van der Waals surface area contributed by atoms with Gasteiger partial charge in [0, 0.05) is 29.6 Å². The zero-order valence-electron chi connectivity index (χ0n) is 22.0. The van der Waals surface area contributed by atoms with E-state index in [1.54, 1.807) is 49.5 Å². The zero-order chi connectivity index (χ0) is 28.4. The Morgan fingerprint density at radius 2 is 1.82 bits per heavy atom. The minimum absolute atomic E-state index is 0.118. The van der Waals surface area contributed by atoms with Gasteiger partial charge in [-0.1, -0.05) is 12.1 Å². The largest absolute Gasteiger partial charge is 0.493 e. The molecule has 0 aliphatic carbocycles. The maximum atomic E-state index is 13.6. The molecule has 1 aliphatic rings. The van der Waals surface area contributed by atoms with E-state index in [0.29, 0.717) is 57.1 Å². The average molecular weight is 544 g/mol. The van der Waals surface area contributed by atoms with Crippen molar-refractivity contribution in [2.24, 2.45) is 0 Å². The van der Waals surface area contributed by atoms with Gasteiger partial charge in [-0.05, 0) is 36.8 Å². The first kappa shape index (κ1) is 26.2. The monoisotopic (exact) mass is 543 g/mol. The van der Waals surface area contributed by atoms with Crippen LogP contribution in [0.15, 0.2) is 72.2 Å². The number of nitrogens with zero attached hydrogens (tertiary/aromatic N) is 5. The molecule has 2 aromatic carbocycles. The number of fused-ring (bicyclic) bond motifs is 1. The molecule has 0 saturated heterocycles. The molecular weight excluding hydrogens is 518 g/mol. The first-order valence-electron chi connectivity index (χ1n) is 12.0. The van der Waals surface area contributed by atoms with Crippen LogP contribution in [0.5, 0.6) is 17.2 Å². The molecule has 0 fully saturated rings. The number of aromatic nitrogens is 4. The second kappa shape index (κ2) is 10.7. The number of nitrogens with one attached hydrogen (secondary N) is 2. The van der Waals surface area contributed by atoms with Gasteiger partial charge < -0.3 is 24.8 Å². The number of carbonyl (C=O) groups is 1. The summed E-state index contributed by atoms with van der Waals surface area (Å²) in [7, 11) is 4.52. The van der Waals surface area contributed by atoms with Crippen LogP contribution in [-0.4, -0.2) is 51.9 Å². The number of hydrogen-bond donors (Lipinski definition) is 2. The summed E-state index contributed by atoms with van der Waals surface area (Å²) in [5.74, 6) is 1.47. The fourth-order valence-electron chi connectivity index (χ4n) is 4.53. The van der Waals surface area contributed by atoms with Gasteiger partial charge in [0.2, 0.25) is 11.7 Å². The molecule has 2 N–H and O–H groups in total. The van der Waals surface area contributed by atoms with Gasteiger partial charge in [0.05, 0.1) is 43.7 Å². The highest BCUT2D eigenvalue weighted by atomic mass is 16.6. The third-order valence-electron chi connectivity index (χ3n) is 6.34. The number of nitro benzene ring substituents is 1. The standard InChI is InChI=1S/C27H25N7O6/c1-15-22(26(35)30-18-8-6-10-28-14-18)23(16-7-5-9-19(11-16)34(36)37)33-27(29-15)31-25(32-33)17-12-20(38-2)24(40-4)21(13-17)39-3/h5-14,23H,1-4H3,(H,30,35)(H,29,31,32). The minimum Gasteiger partial charge on any atom is -0.493 e. The van der Waals surface area contributed by atoms with Crippen molar-refractivity contribution in [3.63, 3.8) is 0 Å². The molecule has 1 amide bonds. The molecule has 204 valence electrons. The van der Waals surface area contributed by atoms with Gasteiger partial charge in [-0.15, -0.1) is 5.10 Å². The van der Waals surface area contributed by atoms with E-state index in [-0.39, 0.29) is 5.69 Å². The molecule has 5 rings (SSSR count). The van der Waals surface area contributed by atoms with Crippen LogP contribution in [0.2, 0.25) is 0 Å². The number of pyridine rings is 1. The van der Waals surface area contributed by atoms with Gasteiger partial charge in [0.1, 0.15) is 6.04 Å². The maximum absolute atomic E-state index is 13.6. The van der Waals surface area contributed by atoms with Crippen molar-refractivity contribution in [1.82, 2.24) is 19.7 Å². The van der Waals surface area contributed by atoms with Crippen molar-refractivity contribution < 1.29 is 23.9 Å². The van der Waals surface area contributed by atoms with Crippen molar-refractivity contribution in [2.75, 3.05) is 32.0 Å². The number of benzene rings is 2. The third kappa shape index (κ3) is 4.75. The lowest BCUT2D eigenvalue weighted by atomic mass is 9.94. The van der Waals surface area contributed by atoms with E-state index < -0.39 is 16.9 Å². The van der Waals surface area contributed by atoms with E-state index in [2.05, 4.69) is 20.6 Å². The van der Waals surface area contributed by atoms with Crippen LogP contribution >= 0.6 is 0 Å². The Morgan fingerprint density at radius 3 is 2.45 bits per heavy atom. The molecule has 1 aliphatic heterocycles. The molecule has 1 atom stereocenters. The Balaban J connectivity index is 1.65. The number of anilines is 2. The number of nitro groups is 1. The highest BCUT2D eigenvalue weighted by Crippen LogP contribution is 2.42. The predicted molar refractivity (Wildman–Crippen MR) is 146 cm³/mol. The lowest BCUT2D eigenvalue weighted by Gasteiger charge is -2.28. The van der Waals surface area contributed by atoms with Gasteiger partial charge in [-0.25, -0.2) is 4.68 Å². The topological polar surface area (TPSA) is 156 Å². The Bertz CT molecular complexity index is 1610. The molecular formula is C27H25N7O6. The lowest BCUT2D eigenvalue weighted by Crippen LogP contribution is -2.31. The van der Waals surface area contributed by atoms with E-state index >= 15 is 0 Å². The Labute approximate surface area is 228 Å². The van der Waals surface area contributed by atoms with Crippen molar-refractivity contribution in [3.8, 4) is 28.6 Å². The number of ether oxygens (including phenoxy) is 3. The quantitative estimate of drug-likeness (QED) is 0.244. The van der Waals surface area contributed by atoms with Crippen LogP contribution in [0.3, 0.4) is 0 Å². The Hall–Kier alpha value is -5.46. The summed E-state index contributed by atoms with van der Waals surface area (Å²) < 4.78 is 17.9. The number of non-ortho nitro benzene ring substituents is 1. The normalized spacial score (nSPS) is 14.2. The Morgan fingerprint density at radius 1 is 1.07 bits per heavy atom. The zero-order valence-corrected chi connectivity index (χ0v) is 22.0. The average Bonchev–Trinajstić information content (AvgIpc) is 3.39. The van der Waals surface area contributed by atoms with Crippen LogP contribution < -0.4 is 24.8 Å². The van der Waals surface area contributed by atoms with E-state index in [4.69, 9.17) is 19.3 Å². The molecule has 0 saturated carbocycles. The smallest absolute Gasteiger partial charge is 0.269 e. The van der Waals surface area contributed by atoms with Crippen molar-refractivity contribution >= 4 is 23.2 Å². The summed E-state index contributed by atoms with van der Waals surface area (Å²) in [5.41, 5.74) is 2.23. The molecule has 2 aromatic heterocycles. The lowest BCUT2D eigenvalue weighted by molar-refractivity contribution is -0.384. The SMILES string of the molecule is COc1cc(-c2nc3n(n2)C(c2cccc([N+](=O)[O-])c2)C(C(=O)Nc2cccnc2)=C(C)N3)cc(OC)c1OC. The summed E-state index contributed by atoms with van der Waals surface area (Å²) in [5, 5.41) is 22.3. The maximum Gasteiger partial charge on any atom is 0.269 e. The van der Waals surface area contributed by atoms with Gasteiger partial charge in [0.15, 0.2) is 17.3 Å². The molecule has 40 heavy (non-hydrogen) atoms. The van der Waals surface area contributed by atoms with Crippen LogP contribution in [0.1, 0.15) is 18.5 Å². The second-order valence-electron chi connectivity index (χ2n) is 8.73. The summed E-state index contributed by atoms with van der Waals surface area (Å²) >= 11 is 0. The van der Waals surface area contributed by atoms with Crippen LogP contribution in [0.25, 0.3) is 11.4 Å². The fraction of sp³-hybridized carbons (Fsp3) is 0.185. The highest BCUT2D eigenvalue weighted by molar-refractivity contribution is 6.06. The summed E-state index contributed by atoms with van der Waals surface area (Å²) in [6.45, 7) is 1.74. The fourth-order valence-corrected chi connectivity index (χ4v) is 4.53. The van der Waals surface area contributed by atoms with E-state index in [1.807, 2.05) is 0 Å². The molecule has 13 heteroatoms. The second-order valence-corrected chi connectivity index (χ2v) is 8.73. The molecule has 0 radical (unpaired) electrons. The molecule has 0 bridgehead atoms. The molecule has 13 nitrogen and oxygen atoms in total. The number of hydrogen-bond acceptors (Lipinski definition) is 10. The molecule has 1 unspecified atom stereocenters. The molecule has 4 aromatic rings. The van der Waals surface area contributed by atoms with Gasteiger partial charge in [-0.2, -0.15) is 4.98 Å². The van der Waals surface area contributed by atoms with Crippen LogP contribution in [0, 0.1) is 10.1 Å². The number of methoxy groups -OCH3 is 3. The highest BCUT2D eigenvalue weighted by Gasteiger charge is 2.35. The van der Waals surface area contributed by atoms with E-state index in [1.165, 1.54) is 44.3 Å². The van der Waals surface area contributed by atoms with Gasteiger partial charge >= 0.3 is 0 Å². The minimum atomic E-state index is -0.837. The summed E-state index contributed by atoms with van der Waals surface area (Å²) in [6.07, 6.45) is 3.12. The number of rotatable bonds is 8.